The molecule has 0 aliphatic carbocycles. The average molecular weight is 344 g/mol. The average Bonchev–Trinajstić information content (AvgIpc) is 2.96. The number of hydrogen-bond acceptors (Lipinski definition) is 5. The number of benzene rings is 1. The number of thioether (sulfide) groups is 1. The molecular formula is C18H20N2O3S. The van der Waals surface area contributed by atoms with Crippen molar-refractivity contribution in [1.82, 2.24) is 4.90 Å². The fourth-order valence-electron chi connectivity index (χ4n) is 2.88. The quantitative estimate of drug-likeness (QED) is 0.609. The number of ether oxygens (including phenoxy) is 1. The van der Waals surface area contributed by atoms with Crippen LogP contribution in [0.1, 0.15) is 35.7 Å². The molecule has 1 fully saturated rings. The second kappa shape index (κ2) is 7.21. The van der Waals surface area contributed by atoms with Crippen molar-refractivity contribution in [2.45, 2.75) is 19.8 Å². The van der Waals surface area contributed by atoms with Crippen LogP contribution in [0.25, 0.3) is 6.08 Å². The third-order valence-corrected chi connectivity index (χ3v) is 5.21. The Hall–Kier alpha value is -2.08. The summed E-state index contributed by atoms with van der Waals surface area (Å²) < 4.78 is 4.68. The number of carbonyl (C=O) groups excluding carboxylic acids is 2. The first-order valence-electron chi connectivity index (χ1n) is 8.02. The Morgan fingerprint density at radius 1 is 1.38 bits per heavy atom. The Morgan fingerprint density at radius 2 is 2.12 bits per heavy atom. The van der Waals surface area contributed by atoms with Crippen molar-refractivity contribution in [1.29, 1.82) is 0 Å². The van der Waals surface area contributed by atoms with Gasteiger partial charge in [0.05, 0.1) is 17.6 Å². The molecule has 3 rings (SSSR count). The smallest absolute Gasteiger partial charge is 0.337 e. The highest BCUT2D eigenvalue weighted by Crippen LogP contribution is 2.32. The number of aliphatic imine (C=N–C) groups is 1. The molecule has 5 nitrogen and oxygen atoms in total. The summed E-state index contributed by atoms with van der Waals surface area (Å²) in [6.07, 6.45) is 4.19. The maximum atomic E-state index is 12.2. The van der Waals surface area contributed by atoms with Crippen LogP contribution in [0.2, 0.25) is 0 Å². The number of likely N-dealkylation sites (tertiary alicyclic amines) is 1. The molecule has 6 heteroatoms. The van der Waals surface area contributed by atoms with Gasteiger partial charge in [0.25, 0.3) is 5.91 Å². The first-order valence-corrected chi connectivity index (χ1v) is 8.84. The van der Waals surface area contributed by atoms with E-state index in [1.807, 2.05) is 6.08 Å². The molecule has 0 bridgehead atoms. The fraction of sp³-hybridized carbons (Fsp3) is 0.389. The molecule has 24 heavy (non-hydrogen) atoms. The van der Waals surface area contributed by atoms with Crippen LogP contribution in [-0.4, -0.2) is 42.1 Å². The number of piperidine rings is 1. The molecule has 2 heterocycles. The third kappa shape index (κ3) is 3.70. The van der Waals surface area contributed by atoms with Crippen LogP contribution in [0, 0.1) is 5.92 Å². The lowest BCUT2D eigenvalue weighted by Gasteiger charge is -2.31. The number of amidine groups is 1. The van der Waals surface area contributed by atoms with E-state index in [0.717, 1.165) is 30.2 Å². The highest BCUT2D eigenvalue weighted by Gasteiger charge is 2.28. The lowest BCUT2D eigenvalue weighted by Crippen LogP contribution is -2.37. The number of carbonyl (C=O) groups is 2. The van der Waals surface area contributed by atoms with Crippen LogP contribution in [0.5, 0.6) is 0 Å². The molecule has 2 aliphatic heterocycles. The van der Waals surface area contributed by atoms with Crippen LogP contribution in [0.3, 0.4) is 0 Å². The Morgan fingerprint density at radius 3 is 2.79 bits per heavy atom. The van der Waals surface area contributed by atoms with Crippen molar-refractivity contribution < 1.29 is 14.3 Å². The van der Waals surface area contributed by atoms with Crippen LogP contribution >= 0.6 is 11.8 Å². The lowest BCUT2D eigenvalue weighted by atomic mass is 10.0. The summed E-state index contributed by atoms with van der Waals surface area (Å²) in [5.74, 6) is 0.0756. The van der Waals surface area contributed by atoms with E-state index in [1.54, 1.807) is 24.3 Å². The molecule has 1 unspecified atom stereocenters. The molecule has 1 atom stereocenters. The number of amides is 1. The predicted octanol–water partition coefficient (Wildman–Crippen LogP) is 3.18. The SMILES string of the molecule is COC(=O)c1ccc(/C=C2/SC(N3CCCC(C)C3)=NC2=O)cc1. The molecule has 2 aliphatic rings. The van der Waals surface area contributed by atoms with Crippen LogP contribution in [0.15, 0.2) is 34.2 Å². The van der Waals surface area contributed by atoms with Gasteiger partial charge in [-0.2, -0.15) is 4.99 Å². The number of nitrogens with zero attached hydrogens (tertiary/aromatic N) is 2. The molecule has 1 saturated heterocycles. The zero-order chi connectivity index (χ0) is 17.1. The standard InChI is InChI=1S/C18H20N2O3S/c1-12-4-3-9-20(11-12)18-19-16(21)15(24-18)10-13-5-7-14(8-6-13)17(22)23-2/h5-8,10,12H,3-4,9,11H2,1-2H3/b15-10+. The fourth-order valence-corrected chi connectivity index (χ4v) is 3.83. The first kappa shape index (κ1) is 16.8. The minimum absolute atomic E-state index is 0.190. The highest BCUT2D eigenvalue weighted by atomic mass is 32.2. The maximum absolute atomic E-state index is 12.2. The van der Waals surface area contributed by atoms with Crippen molar-refractivity contribution in [3.8, 4) is 0 Å². The summed E-state index contributed by atoms with van der Waals surface area (Å²) in [7, 11) is 1.35. The highest BCUT2D eigenvalue weighted by molar-refractivity contribution is 8.18. The molecule has 1 amide bonds. The Labute approximate surface area is 145 Å². The van der Waals surface area contributed by atoms with E-state index in [1.165, 1.54) is 25.3 Å². The Kier molecular flexibility index (Phi) is 5.04. The van der Waals surface area contributed by atoms with Crippen LogP contribution in [0.4, 0.5) is 0 Å². The van der Waals surface area contributed by atoms with Gasteiger partial charge in [0.15, 0.2) is 5.17 Å². The van der Waals surface area contributed by atoms with E-state index in [2.05, 4.69) is 21.6 Å². The largest absolute Gasteiger partial charge is 0.465 e. The van der Waals surface area contributed by atoms with Crippen molar-refractivity contribution in [3.63, 3.8) is 0 Å². The van der Waals surface area contributed by atoms with Gasteiger partial charge in [-0.3, -0.25) is 4.79 Å². The van der Waals surface area contributed by atoms with E-state index in [0.29, 0.717) is 16.4 Å². The van der Waals surface area contributed by atoms with Gasteiger partial charge < -0.3 is 9.64 Å². The summed E-state index contributed by atoms with van der Waals surface area (Å²) in [6, 6.07) is 6.98. The second-order valence-electron chi connectivity index (χ2n) is 6.12. The number of hydrogen-bond donors (Lipinski definition) is 0. The minimum atomic E-state index is -0.370. The van der Waals surface area contributed by atoms with Crippen molar-refractivity contribution in [2.75, 3.05) is 20.2 Å². The van der Waals surface area contributed by atoms with E-state index >= 15 is 0 Å². The van der Waals surface area contributed by atoms with Gasteiger partial charge in [-0.1, -0.05) is 19.1 Å². The van der Waals surface area contributed by atoms with Gasteiger partial charge in [-0.05, 0) is 54.3 Å². The van der Waals surface area contributed by atoms with E-state index in [-0.39, 0.29) is 11.9 Å². The second-order valence-corrected chi connectivity index (χ2v) is 7.13. The maximum Gasteiger partial charge on any atom is 0.337 e. The Balaban J connectivity index is 1.71. The van der Waals surface area contributed by atoms with Gasteiger partial charge in [0.1, 0.15) is 0 Å². The van der Waals surface area contributed by atoms with Crippen LogP contribution < -0.4 is 0 Å². The summed E-state index contributed by atoms with van der Waals surface area (Å²) >= 11 is 1.43. The van der Waals surface area contributed by atoms with Gasteiger partial charge in [0, 0.05) is 13.1 Å². The Bertz CT molecular complexity index is 709. The van der Waals surface area contributed by atoms with Crippen molar-refractivity contribution in [2.24, 2.45) is 10.9 Å². The molecule has 0 N–H and O–H groups in total. The molecule has 0 aromatic heterocycles. The van der Waals surface area contributed by atoms with E-state index in [9.17, 15) is 9.59 Å². The number of esters is 1. The van der Waals surface area contributed by atoms with Gasteiger partial charge in [0.2, 0.25) is 0 Å². The molecule has 1 aromatic carbocycles. The molecular weight excluding hydrogens is 324 g/mol. The topological polar surface area (TPSA) is 59.0 Å². The zero-order valence-corrected chi connectivity index (χ0v) is 14.6. The molecule has 1 aromatic rings. The minimum Gasteiger partial charge on any atom is -0.465 e. The predicted molar refractivity (Wildman–Crippen MR) is 95.8 cm³/mol. The first-order chi connectivity index (χ1) is 11.6. The van der Waals surface area contributed by atoms with Crippen LogP contribution in [-0.2, 0) is 9.53 Å². The molecule has 126 valence electrons. The monoisotopic (exact) mass is 344 g/mol. The van der Waals surface area contributed by atoms with E-state index in [4.69, 9.17) is 0 Å². The lowest BCUT2D eigenvalue weighted by molar-refractivity contribution is -0.113. The normalized spacial score (nSPS) is 22.7. The summed E-state index contributed by atoms with van der Waals surface area (Å²) in [5, 5.41) is 0.809. The van der Waals surface area contributed by atoms with Crippen molar-refractivity contribution in [3.05, 3.63) is 40.3 Å². The molecule has 0 radical (unpaired) electrons. The zero-order valence-electron chi connectivity index (χ0n) is 13.8. The van der Waals surface area contributed by atoms with E-state index < -0.39 is 0 Å². The number of methoxy groups -OCH3 is 1. The molecule has 0 spiro atoms. The van der Waals surface area contributed by atoms with Gasteiger partial charge >= 0.3 is 5.97 Å². The van der Waals surface area contributed by atoms with Gasteiger partial charge in [-0.25, -0.2) is 4.79 Å². The summed E-state index contributed by atoms with van der Waals surface area (Å²) in [5.41, 5.74) is 1.35. The number of rotatable bonds is 2. The summed E-state index contributed by atoms with van der Waals surface area (Å²) in [6.45, 7) is 4.15. The third-order valence-electron chi connectivity index (χ3n) is 4.17. The van der Waals surface area contributed by atoms with Gasteiger partial charge in [-0.15, -0.1) is 0 Å². The van der Waals surface area contributed by atoms with Crippen molar-refractivity contribution >= 4 is 34.9 Å². The summed E-state index contributed by atoms with van der Waals surface area (Å²) in [4.78, 5) is 30.6. The molecule has 0 saturated carbocycles.